The minimum absolute atomic E-state index is 0.138. The van der Waals surface area contributed by atoms with Crippen molar-refractivity contribution in [2.24, 2.45) is 0 Å². The van der Waals surface area contributed by atoms with Crippen molar-refractivity contribution in [1.82, 2.24) is 19.8 Å². The van der Waals surface area contributed by atoms with Gasteiger partial charge in [0, 0.05) is 44.0 Å². The number of hydrogen-bond donors (Lipinski definition) is 1. The average Bonchev–Trinajstić information content (AvgIpc) is 2.79. The van der Waals surface area contributed by atoms with Crippen LogP contribution < -0.4 is 5.56 Å². The Kier molecular flexibility index (Phi) is 5.62. The highest BCUT2D eigenvalue weighted by molar-refractivity contribution is 5.97. The highest BCUT2D eigenvalue weighted by Gasteiger charge is 2.27. The molecule has 0 saturated heterocycles. The Bertz CT molecular complexity index is 1190. The Balaban J connectivity index is 1.57. The fourth-order valence-corrected chi connectivity index (χ4v) is 3.74. The lowest BCUT2D eigenvalue weighted by Gasteiger charge is -2.30. The van der Waals surface area contributed by atoms with Crippen LogP contribution >= 0.6 is 0 Å². The van der Waals surface area contributed by atoms with Crippen LogP contribution in [0.3, 0.4) is 0 Å². The number of nitrogens with one attached hydrogen (secondary N) is 1. The van der Waals surface area contributed by atoms with Gasteiger partial charge in [0.05, 0.1) is 6.20 Å². The molecule has 0 saturated carbocycles. The van der Waals surface area contributed by atoms with E-state index in [0.717, 1.165) is 17.3 Å². The molecule has 2 aromatic carbocycles. The zero-order chi connectivity index (χ0) is 22.0. The van der Waals surface area contributed by atoms with Gasteiger partial charge in [-0.2, -0.15) is 0 Å². The van der Waals surface area contributed by atoms with E-state index < -0.39 is 0 Å². The standard InChI is InChI=1S/C23H21FN4O3/c1-27(13-16-5-2-3-8-19(16)24)22(30)17-7-4-6-15-9-10-28(14-18(15)17)23(31)20-11-26-21(29)12-25-20/h2-8,11-12H,9-10,13-14H2,1H3,(H,26,29). The molecule has 1 aliphatic rings. The lowest BCUT2D eigenvalue weighted by atomic mass is 9.94. The largest absolute Gasteiger partial charge is 0.337 e. The molecule has 7 nitrogen and oxygen atoms in total. The number of H-pyrrole nitrogens is 1. The van der Waals surface area contributed by atoms with E-state index >= 15 is 0 Å². The monoisotopic (exact) mass is 420 g/mol. The second kappa shape index (κ2) is 8.51. The quantitative estimate of drug-likeness (QED) is 0.702. The Morgan fingerprint density at radius 2 is 2.00 bits per heavy atom. The maximum absolute atomic E-state index is 14.0. The van der Waals surface area contributed by atoms with Crippen molar-refractivity contribution in [3.8, 4) is 0 Å². The number of aromatic nitrogens is 2. The van der Waals surface area contributed by atoms with Gasteiger partial charge in [-0.15, -0.1) is 0 Å². The summed E-state index contributed by atoms with van der Waals surface area (Å²) < 4.78 is 14.0. The van der Waals surface area contributed by atoms with Crippen molar-refractivity contribution < 1.29 is 14.0 Å². The molecule has 158 valence electrons. The van der Waals surface area contributed by atoms with Gasteiger partial charge in [-0.1, -0.05) is 30.3 Å². The highest BCUT2D eigenvalue weighted by atomic mass is 19.1. The van der Waals surface area contributed by atoms with Crippen LogP contribution in [-0.4, -0.2) is 45.2 Å². The van der Waals surface area contributed by atoms with Gasteiger partial charge in [0.2, 0.25) is 0 Å². The van der Waals surface area contributed by atoms with E-state index in [9.17, 15) is 18.8 Å². The van der Waals surface area contributed by atoms with Crippen molar-refractivity contribution in [2.45, 2.75) is 19.5 Å². The number of carbonyl (C=O) groups is 2. The average molecular weight is 420 g/mol. The summed E-state index contributed by atoms with van der Waals surface area (Å²) in [4.78, 5) is 46.6. The number of aromatic amines is 1. The number of carbonyl (C=O) groups excluding carboxylic acids is 2. The fraction of sp³-hybridized carbons (Fsp3) is 0.217. The Morgan fingerprint density at radius 1 is 1.19 bits per heavy atom. The third-order valence-corrected chi connectivity index (χ3v) is 5.39. The number of hydrogen-bond acceptors (Lipinski definition) is 4. The minimum Gasteiger partial charge on any atom is -0.337 e. The van der Waals surface area contributed by atoms with Gasteiger partial charge in [0.15, 0.2) is 0 Å². The highest BCUT2D eigenvalue weighted by Crippen LogP contribution is 2.25. The molecule has 8 heteroatoms. The van der Waals surface area contributed by atoms with E-state index in [4.69, 9.17) is 0 Å². The molecule has 0 atom stereocenters. The Morgan fingerprint density at radius 3 is 2.74 bits per heavy atom. The maximum atomic E-state index is 14.0. The van der Waals surface area contributed by atoms with Crippen LogP contribution in [0.15, 0.2) is 59.7 Å². The summed E-state index contributed by atoms with van der Waals surface area (Å²) in [5.41, 5.74) is 2.46. The number of amides is 2. The van der Waals surface area contributed by atoms with Gasteiger partial charge in [-0.3, -0.25) is 14.4 Å². The molecule has 1 aliphatic heterocycles. The van der Waals surface area contributed by atoms with Crippen molar-refractivity contribution in [1.29, 1.82) is 0 Å². The van der Waals surface area contributed by atoms with Crippen molar-refractivity contribution in [3.63, 3.8) is 0 Å². The van der Waals surface area contributed by atoms with Crippen LogP contribution in [-0.2, 0) is 19.5 Å². The minimum atomic E-state index is -0.383. The van der Waals surface area contributed by atoms with Crippen LogP contribution in [0.2, 0.25) is 0 Å². The molecular weight excluding hydrogens is 399 g/mol. The second-order valence-corrected chi connectivity index (χ2v) is 7.47. The number of halogens is 1. The first-order valence-electron chi connectivity index (χ1n) is 9.87. The third kappa shape index (κ3) is 4.23. The first kappa shape index (κ1) is 20.5. The first-order chi connectivity index (χ1) is 14.9. The summed E-state index contributed by atoms with van der Waals surface area (Å²) in [7, 11) is 1.63. The molecule has 2 heterocycles. The second-order valence-electron chi connectivity index (χ2n) is 7.47. The third-order valence-electron chi connectivity index (χ3n) is 5.39. The summed E-state index contributed by atoms with van der Waals surface area (Å²) in [5, 5.41) is 0. The zero-order valence-electron chi connectivity index (χ0n) is 17.0. The summed E-state index contributed by atoms with van der Waals surface area (Å²) in [6, 6.07) is 11.9. The van der Waals surface area contributed by atoms with E-state index in [1.54, 1.807) is 36.2 Å². The van der Waals surface area contributed by atoms with Gasteiger partial charge in [-0.05, 0) is 29.7 Å². The Labute approximate surface area is 178 Å². The van der Waals surface area contributed by atoms with Crippen LogP contribution in [0.5, 0.6) is 0 Å². The number of nitrogens with zero attached hydrogens (tertiary/aromatic N) is 3. The molecule has 0 radical (unpaired) electrons. The normalized spacial score (nSPS) is 12.9. The molecule has 4 rings (SSSR count). The van der Waals surface area contributed by atoms with Crippen LogP contribution in [0.1, 0.15) is 37.5 Å². The molecular formula is C23H21FN4O3. The summed E-state index contributed by atoms with van der Waals surface area (Å²) in [5.74, 6) is -0.914. The van der Waals surface area contributed by atoms with Gasteiger partial charge in [-0.25, -0.2) is 9.37 Å². The predicted octanol–water partition coefficient (Wildman–Crippen LogP) is 2.38. The van der Waals surface area contributed by atoms with Crippen LogP contribution in [0, 0.1) is 5.82 Å². The van der Waals surface area contributed by atoms with Crippen molar-refractivity contribution in [3.05, 3.63) is 99.0 Å². The van der Waals surface area contributed by atoms with E-state index in [2.05, 4.69) is 9.97 Å². The molecule has 3 aromatic rings. The summed E-state index contributed by atoms with van der Waals surface area (Å²) in [6.45, 7) is 0.874. The van der Waals surface area contributed by atoms with Crippen LogP contribution in [0.4, 0.5) is 4.39 Å². The molecule has 1 N–H and O–H groups in total. The fourth-order valence-electron chi connectivity index (χ4n) is 3.74. The molecule has 0 unspecified atom stereocenters. The van der Waals surface area contributed by atoms with E-state index in [0.29, 0.717) is 24.1 Å². The summed E-state index contributed by atoms with van der Waals surface area (Å²) in [6.07, 6.45) is 2.96. The van der Waals surface area contributed by atoms with Gasteiger partial charge in [0.25, 0.3) is 17.4 Å². The van der Waals surface area contributed by atoms with Crippen molar-refractivity contribution in [2.75, 3.05) is 13.6 Å². The number of fused-ring (bicyclic) bond motifs is 1. The zero-order valence-corrected chi connectivity index (χ0v) is 17.0. The molecule has 2 amide bonds. The predicted molar refractivity (Wildman–Crippen MR) is 112 cm³/mol. The van der Waals surface area contributed by atoms with Gasteiger partial charge in [0.1, 0.15) is 11.5 Å². The number of benzene rings is 2. The molecule has 0 fully saturated rings. The molecule has 0 spiro atoms. The van der Waals surface area contributed by atoms with Gasteiger partial charge < -0.3 is 14.8 Å². The SMILES string of the molecule is CN(Cc1ccccc1F)C(=O)c1cccc2c1CN(C(=O)c1c[nH]c(=O)cn1)CC2. The Hall–Kier alpha value is -3.81. The molecule has 0 aliphatic carbocycles. The number of rotatable bonds is 4. The topological polar surface area (TPSA) is 86.4 Å². The maximum Gasteiger partial charge on any atom is 0.274 e. The lowest BCUT2D eigenvalue weighted by molar-refractivity contribution is 0.0715. The van der Waals surface area contributed by atoms with E-state index in [1.807, 2.05) is 12.1 Å². The molecule has 0 bridgehead atoms. The van der Waals surface area contributed by atoms with Crippen molar-refractivity contribution >= 4 is 11.8 Å². The van der Waals surface area contributed by atoms with E-state index in [-0.39, 0.29) is 42.0 Å². The molecule has 1 aromatic heterocycles. The summed E-state index contributed by atoms with van der Waals surface area (Å²) >= 11 is 0. The molecule has 31 heavy (non-hydrogen) atoms. The van der Waals surface area contributed by atoms with Gasteiger partial charge >= 0.3 is 0 Å². The van der Waals surface area contributed by atoms with Crippen LogP contribution in [0.25, 0.3) is 0 Å². The lowest BCUT2D eigenvalue weighted by Crippen LogP contribution is -2.38. The smallest absolute Gasteiger partial charge is 0.274 e. The first-order valence-corrected chi connectivity index (χ1v) is 9.87. The van der Waals surface area contributed by atoms with E-state index in [1.165, 1.54) is 17.2 Å².